The minimum atomic E-state index is -0.804. The van der Waals surface area contributed by atoms with Crippen molar-refractivity contribution in [3.8, 4) is 5.69 Å². The van der Waals surface area contributed by atoms with Gasteiger partial charge in [-0.25, -0.2) is 5.43 Å². The van der Waals surface area contributed by atoms with Crippen LogP contribution in [0.25, 0.3) is 5.69 Å². The zero-order chi connectivity index (χ0) is 22.5. The molecule has 2 aromatic carbocycles. The molecule has 1 atom stereocenters. The lowest BCUT2D eigenvalue weighted by molar-refractivity contribution is -0.139. The van der Waals surface area contributed by atoms with Crippen molar-refractivity contribution in [3.05, 3.63) is 88.2 Å². The fourth-order valence-corrected chi connectivity index (χ4v) is 3.64. The molecule has 1 aromatic heterocycles. The molecule has 0 bridgehead atoms. The quantitative estimate of drug-likeness (QED) is 0.374. The average molecular weight is 417 g/mol. The van der Waals surface area contributed by atoms with Crippen LogP contribution in [0.5, 0.6) is 0 Å². The first-order chi connectivity index (χ1) is 14.8. The summed E-state index contributed by atoms with van der Waals surface area (Å²) in [6.07, 6.45) is 1.56. The topological polar surface area (TPSA) is 75.5 Å². The van der Waals surface area contributed by atoms with Crippen LogP contribution in [0.15, 0.2) is 59.7 Å². The average Bonchev–Trinajstić information content (AvgIpc) is 3.02. The monoisotopic (exact) mass is 416 g/mol. The molecule has 0 spiro atoms. The molecule has 0 saturated heterocycles. The molecule has 0 aliphatic carbocycles. The van der Waals surface area contributed by atoms with E-state index in [0.29, 0.717) is 0 Å². The number of rotatable bonds is 5. The van der Waals surface area contributed by atoms with Crippen LogP contribution in [0.2, 0.25) is 0 Å². The first kappa shape index (κ1) is 22.0. The zero-order valence-electron chi connectivity index (χ0n) is 18.6. The smallest absolute Gasteiger partial charge is 0.329 e. The summed E-state index contributed by atoms with van der Waals surface area (Å²) in [7, 11) is 0. The second-order valence-corrected chi connectivity index (χ2v) is 7.76. The molecule has 3 aromatic rings. The highest BCUT2D eigenvalue weighted by molar-refractivity contribution is 6.35. The van der Waals surface area contributed by atoms with Crippen molar-refractivity contribution in [1.82, 2.24) is 15.3 Å². The number of aromatic nitrogens is 1. The van der Waals surface area contributed by atoms with E-state index < -0.39 is 11.8 Å². The second-order valence-electron chi connectivity index (χ2n) is 7.76. The van der Waals surface area contributed by atoms with E-state index in [0.717, 1.165) is 28.2 Å². The molecular formula is C25H28N4O2. The number of hydrazone groups is 1. The normalized spacial score (nSPS) is 12.0. The van der Waals surface area contributed by atoms with E-state index in [4.69, 9.17) is 0 Å². The molecule has 6 nitrogen and oxygen atoms in total. The molecule has 0 aliphatic heterocycles. The van der Waals surface area contributed by atoms with Crippen LogP contribution in [0.1, 0.15) is 46.6 Å². The minimum absolute atomic E-state index is 0.278. The fourth-order valence-electron chi connectivity index (χ4n) is 3.64. The van der Waals surface area contributed by atoms with Crippen molar-refractivity contribution in [2.75, 3.05) is 0 Å². The molecule has 31 heavy (non-hydrogen) atoms. The summed E-state index contributed by atoms with van der Waals surface area (Å²) < 4.78 is 2.16. The van der Waals surface area contributed by atoms with Gasteiger partial charge in [-0.3, -0.25) is 9.59 Å². The number of carbonyl (C=O) groups is 2. The Morgan fingerprint density at radius 1 is 0.968 bits per heavy atom. The molecule has 160 valence electrons. The Hall–Kier alpha value is -3.67. The van der Waals surface area contributed by atoms with Gasteiger partial charge in [0, 0.05) is 22.6 Å². The maximum Gasteiger partial charge on any atom is 0.329 e. The molecule has 0 aliphatic rings. The zero-order valence-corrected chi connectivity index (χ0v) is 18.6. The van der Waals surface area contributed by atoms with Crippen LogP contribution in [0.4, 0.5) is 0 Å². The van der Waals surface area contributed by atoms with Crippen molar-refractivity contribution < 1.29 is 9.59 Å². The van der Waals surface area contributed by atoms with Crippen molar-refractivity contribution in [2.45, 2.75) is 40.7 Å². The molecule has 2 N–H and O–H groups in total. The third-order valence-electron chi connectivity index (χ3n) is 5.29. The summed E-state index contributed by atoms with van der Waals surface area (Å²) in [6.45, 7) is 10.0. The molecule has 0 unspecified atom stereocenters. The van der Waals surface area contributed by atoms with Crippen LogP contribution in [-0.2, 0) is 9.59 Å². The molecular weight excluding hydrogens is 388 g/mol. The lowest BCUT2D eigenvalue weighted by atomic mass is 10.1. The Bertz CT molecular complexity index is 1130. The number of amides is 2. The van der Waals surface area contributed by atoms with Crippen LogP contribution in [-0.4, -0.2) is 22.6 Å². The maximum atomic E-state index is 12.1. The van der Waals surface area contributed by atoms with Crippen molar-refractivity contribution in [2.24, 2.45) is 5.10 Å². The molecule has 2 amide bonds. The van der Waals surface area contributed by atoms with Gasteiger partial charge in [0.15, 0.2) is 0 Å². The summed E-state index contributed by atoms with van der Waals surface area (Å²) in [5.74, 6) is -1.53. The number of hydrogen-bond donors (Lipinski definition) is 2. The SMILES string of the molecule is Cc1ccc(-n2c(C)cc(/C=N\NC(=O)C(=O)N[C@H](C)c3ccccc3)c2C)c(C)c1. The van der Waals surface area contributed by atoms with E-state index in [1.165, 1.54) is 11.1 Å². The van der Waals surface area contributed by atoms with Gasteiger partial charge < -0.3 is 9.88 Å². The molecule has 6 heteroatoms. The summed E-state index contributed by atoms with van der Waals surface area (Å²) in [4.78, 5) is 24.3. The van der Waals surface area contributed by atoms with E-state index in [9.17, 15) is 9.59 Å². The van der Waals surface area contributed by atoms with Gasteiger partial charge in [-0.15, -0.1) is 0 Å². The van der Waals surface area contributed by atoms with Gasteiger partial charge in [0.25, 0.3) is 0 Å². The summed E-state index contributed by atoms with van der Waals surface area (Å²) in [5.41, 5.74) is 9.68. The van der Waals surface area contributed by atoms with Crippen LogP contribution < -0.4 is 10.7 Å². The number of nitrogens with one attached hydrogen (secondary N) is 2. The lowest BCUT2D eigenvalue weighted by Crippen LogP contribution is -2.39. The molecule has 1 heterocycles. The highest BCUT2D eigenvalue weighted by Gasteiger charge is 2.16. The lowest BCUT2D eigenvalue weighted by Gasteiger charge is -2.13. The van der Waals surface area contributed by atoms with Crippen molar-refractivity contribution >= 4 is 18.0 Å². The Balaban J connectivity index is 1.67. The first-order valence-corrected chi connectivity index (χ1v) is 10.2. The first-order valence-electron chi connectivity index (χ1n) is 10.2. The highest BCUT2D eigenvalue weighted by atomic mass is 16.2. The Kier molecular flexibility index (Phi) is 6.70. The number of carbonyl (C=O) groups excluding carboxylic acids is 2. The third kappa shape index (κ3) is 5.09. The Labute approximate surface area is 183 Å². The summed E-state index contributed by atoms with van der Waals surface area (Å²) in [6, 6.07) is 17.5. The number of aryl methyl sites for hydroxylation is 3. The molecule has 0 fully saturated rings. The number of hydrogen-bond acceptors (Lipinski definition) is 3. The molecule has 0 saturated carbocycles. The minimum Gasteiger partial charge on any atom is -0.341 e. The Morgan fingerprint density at radius 3 is 2.35 bits per heavy atom. The van der Waals surface area contributed by atoms with Crippen LogP contribution in [0, 0.1) is 27.7 Å². The van der Waals surface area contributed by atoms with Gasteiger partial charge in [0.05, 0.1) is 12.3 Å². The van der Waals surface area contributed by atoms with Gasteiger partial charge in [-0.05, 0) is 57.9 Å². The van der Waals surface area contributed by atoms with E-state index >= 15 is 0 Å². The third-order valence-corrected chi connectivity index (χ3v) is 5.29. The van der Waals surface area contributed by atoms with E-state index in [-0.39, 0.29) is 6.04 Å². The van der Waals surface area contributed by atoms with Gasteiger partial charge >= 0.3 is 11.8 Å². The number of nitrogens with zero attached hydrogens (tertiary/aromatic N) is 2. The van der Waals surface area contributed by atoms with Crippen LogP contribution in [0.3, 0.4) is 0 Å². The molecule has 0 radical (unpaired) electrons. The van der Waals surface area contributed by atoms with E-state index in [2.05, 4.69) is 52.5 Å². The van der Waals surface area contributed by atoms with Gasteiger partial charge in [0.2, 0.25) is 0 Å². The molecule has 3 rings (SSSR count). The van der Waals surface area contributed by atoms with E-state index in [1.807, 2.05) is 57.2 Å². The standard InChI is InChI=1S/C25H28N4O2/c1-16-11-12-23(17(2)13-16)29-18(3)14-22(20(29)5)15-26-28-25(31)24(30)27-19(4)21-9-7-6-8-10-21/h6-15,19H,1-5H3,(H,27,30)(H,28,31)/b26-15-/t19-/m1/s1. The van der Waals surface area contributed by atoms with Gasteiger partial charge in [-0.2, -0.15) is 5.10 Å². The highest BCUT2D eigenvalue weighted by Crippen LogP contribution is 2.23. The van der Waals surface area contributed by atoms with Crippen LogP contribution >= 0.6 is 0 Å². The van der Waals surface area contributed by atoms with Gasteiger partial charge in [0.1, 0.15) is 0 Å². The van der Waals surface area contributed by atoms with Gasteiger partial charge in [-0.1, -0.05) is 48.0 Å². The number of benzene rings is 2. The maximum absolute atomic E-state index is 12.1. The fraction of sp³-hybridized carbons (Fsp3) is 0.240. The second kappa shape index (κ2) is 9.43. The Morgan fingerprint density at radius 2 is 1.68 bits per heavy atom. The summed E-state index contributed by atoms with van der Waals surface area (Å²) >= 11 is 0. The van der Waals surface area contributed by atoms with Crippen molar-refractivity contribution in [3.63, 3.8) is 0 Å². The predicted octanol–water partition coefficient (Wildman–Crippen LogP) is 4.04. The summed E-state index contributed by atoms with van der Waals surface area (Å²) in [5, 5.41) is 6.66. The van der Waals surface area contributed by atoms with Crippen molar-refractivity contribution in [1.29, 1.82) is 0 Å². The predicted molar refractivity (Wildman–Crippen MR) is 123 cm³/mol. The largest absolute Gasteiger partial charge is 0.341 e. The van der Waals surface area contributed by atoms with E-state index in [1.54, 1.807) is 6.21 Å².